The summed E-state index contributed by atoms with van der Waals surface area (Å²) in [4.78, 5) is 0. The van der Waals surface area contributed by atoms with Gasteiger partial charge in [-0.15, -0.1) is 0 Å². The first-order chi connectivity index (χ1) is 9.65. The number of nitrogens with one attached hydrogen (secondary N) is 1. The first-order valence-corrected chi connectivity index (χ1v) is 7.40. The predicted octanol–water partition coefficient (Wildman–Crippen LogP) is 2.39. The summed E-state index contributed by atoms with van der Waals surface area (Å²) in [6.07, 6.45) is 4.92. The molecule has 0 bridgehead atoms. The molecule has 0 heterocycles. The molecule has 20 heavy (non-hydrogen) atoms. The molecular formula is C16H24FNO2. The van der Waals surface area contributed by atoms with Gasteiger partial charge in [-0.25, -0.2) is 4.39 Å². The Kier molecular flexibility index (Phi) is 5.52. The van der Waals surface area contributed by atoms with Crippen molar-refractivity contribution in [3.05, 3.63) is 35.6 Å². The SMILES string of the molecule is OCC1(CNCC(O)c2cccc(F)c2)CCCCC1. The van der Waals surface area contributed by atoms with Crippen LogP contribution in [0, 0.1) is 11.2 Å². The van der Waals surface area contributed by atoms with Crippen LogP contribution in [0.15, 0.2) is 24.3 Å². The molecule has 2 rings (SSSR count). The van der Waals surface area contributed by atoms with Crippen LogP contribution < -0.4 is 5.32 Å². The first kappa shape index (κ1) is 15.4. The second-order valence-electron chi connectivity index (χ2n) is 5.92. The lowest BCUT2D eigenvalue weighted by Crippen LogP contribution is -2.40. The van der Waals surface area contributed by atoms with E-state index in [-0.39, 0.29) is 17.8 Å². The Hall–Kier alpha value is -0.970. The summed E-state index contributed by atoms with van der Waals surface area (Å²) in [5.41, 5.74) is 0.541. The third-order valence-corrected chi connectivity index (χ3v) is 4.32. The second kappa shape index (κ2) is 7.16. The highest BCUT2D eigenvalue weighted by Gasteiger charge is 2.31. The summed E-state index contributed by atoms with van der Waals surface area (Å²) in [7, 11) is 0. The highest BCUT2D eigenvalue weighted by molar-refractivity contribution is 5.18. The van der Waals surface area contributed by atoms with Gasteiger partial charge in [-0.3, -0.25) is 0 Å². The van der Waals surface area contributed by atoms with Crippen LogP contribution in [-0.4, -0.2) is 29.9 Å². The molecule has 3 N–H and O–H groups in total. The molecule has 112 valence electrons. The maximum absolute atomic E-state index is 13.1. The number of hydrogen-bond acceptors (Lipinski definition) is 3. The zero-order valence-corrected chi connectivity index (χ0v) is 11.8. The van der Waals surface area contributed by atoms with Gasteiger partial charge in [0.25, 0.3) is 0 Å². The van der Waals surface area contributed by atoms with Gasteiger partial charge in [-0.1, -0.05) is 31.4 Å². The van der Waals surface area contributed by atoms with Crippen molar-refractivity contribution in [3.8, 4) is 0 Å². The fourth-order valence-electron chi connectivity index (χ4n) is 3.00. The molecule has 1 saturated carbocycles. The third kappa shape index (κ3) is 4.01. The molecule has 0 radical (unpaired) electrons. The first-order valence-electron chi connectivity index (χ1n) is 7.40. The summed E-state index contributed by atoms with van der Waals surface area (Å²) < 4.78 is 13.1. The van der Waals surface area contributed by atoms with Crippen molar-refractivity contribution in [1.82, 2.24) is 5.32 Å². The van der Waals surface area contributed by atoms with Crippen LogP contribution in [-0.2, 0) is 0 Å². The van der Waals surface area contributed by atoms with Crippen molar-refractivity contribution in [1.29, 1.82) is 0 Å². The number of rotatable bonds is 6. The number of halogens is 1. The number of aliphatic hydroxyl groups is 2. The minimum Gasteiger partial charge on any atom is -0.396 e. The zero-order valence-electron chi connectivity index (χ0n) is 11.8. The molecule has 1 aromatic rings. The van der Waals surface area contributed by atoms with Gasteiger partial charge < -0.3 is 15.5 Å². The van der Waals surface area contributed by atoms with Gasteiger partial charge in [0.05, 0.1) is 6.10 Å². The summed E-state index contributed by atoms with van der Waals surface area (Å²) >= 11 is 0. The van der Waals surface area contributed by atoms with E-state index < -0.39 is 6.10 Å². The van der Waals surface area contributed by atoms with E-state index in [1.54, 1.807) is 12.1 Å². The van der Waals surface area contributed by atoms with E-state index in [9.17, 15) is 14.6 Å². The van der Waals surface area contributed by atoms with E-state index in [2.05, 4.69) is 5.32 Å². The minimum atomic E-state index is -0.718. The van der Waals surface area contributed by atoms with E-state index in [0.717, 1.165) is 25.7 Å². The van der Waals surface area contributed by atoms with Crippen LogP contribution >= 0.6 is 0 Å². The van der Waals surface area contributed by atoms with E-state index in [0.29, 0.717) is 18.7 Å². The third-order valence-electron chi connectivity index (χ3n) is 4.32. The van der Waals surface area contributed by atoms with Gasteiger partial charge in [0, 0.05) is 25.1 Å². The Labute approximate surface area is 119 Å². The lowest BCUT2D eigenvalue weighted by molar-refractivity contribution is 0.0757. The maximum Gasteiger partial charge on any atom is 0.123 e. The molecule has 1 aliphatic carbocycles. The Morgan fingerprint density at radius 2 is 2.00 bits per heavy atom. The molecule has 0 spiro atoms. The summed E-state index contributed by atoms with van der Waals surface area (Å²) in [6.45, 7) is 1.27. The monoisotopic (exact) mass is 281 g/mol. The van der Waals surface area contributed by atoms with E-state index in [1.165, 1.54) is 18.6 Å². The Bertz CT molecular complexity index is 419. The van der Waals surface area contributed by atoms with E-state index in [1.807, 2.05) is 0 Å². The largest absolute Gasteiger partial charge is 0.396 e. The molecule has 0 saturated heterocycles. The smallest absolute Gasteiger partial charge is 0.123 e. The summed E-state index contributed by atoms with van der Waals surface area (Å²) in [5, 5.41) is 22.9. The highest BCUT2D eigenvalue weighted by Crippen LogP contribution is 2.35. The number of hydrogen-bond donors (Lipinski definition) is 3. The summed E-state index contributed by atoms with van der Waals surface area (Å²) in [5.74, 6) is -0.333. The minimum absolute atomic E-state index is 0.0418. The van der Waals surface area contributed by atoms with Gasteiger partial charge in [0.2, 0.25) is 0 Å². The highest BCUT2D eigenvalue weighted by atomic mass is 19.1. The van der Waals surface area contributed by atoms with E-state index >= 15 is 0 Å². The Balaban J connectivity index is 1.82. The van der Waals surface area contributed by atoms with Crippen LogP contribution in [0.5, 0.6) is 0 Å². The lowest BCUT2D eigenvalue weighted by atomic mass is 9.74. The normalized spacial score (nSPS) is 19.8. The Morgan fingerprint density at radius 3 is 2.65 bits per heavy atom. The lowest BCUT2D eigenvalue weighted by Gasteiger charge is -2.36. The summed E-state index contributed by atoms with van der Waals surface area (Å²) in [6, 6.07) is 6.04. The molecule has 0 amide bonds. The quantitative estimate of drug-likeness (QED) is 0.750. The van der Waals surface area contributed by atoms with Gasteiger partial charge in [0.1, 0.15) is 5.82 Å². The Morgan fingerprint density at radius 1 is 1.25 bits per heavy atom. The van der Waals surface area contributed by atoms with Crippen molar-refractivity contribution in [2.24, 2.45) is 5.41 Å². The molecule has 1 atom stereocenters. The molecule has 0 aliphatic heterocycles. The number of aliphatic hydroxyl groups excluding tert-OH is 2. The van der Waals surface area contributed by atoms with Crippen LogP contribution in [0.25, 0.3) is 0 Å². The van der Waals surface area contributed by atoms with Gasteiger partial charge in [0.15, 0.2) is 0 Å². The standard InChI is InChI=1S/C16H24FNO2/c17-14-6-4-5-13(9-14)15(20)10-18-11-16(12-19)7-2-1-3-8-16/h4-6,9,15,18-20H,1-3,7-8,10-12H2. The fraction of sp³-hybridized carbons (Fsp3) is 0.625. The average Bonchev–Trinajstić information content (AvgIpc) is 2.48. The molecule has 0 aromatic heterocycles. The predicted molar refractivity (Wildman–Crippen MR) is 76.8 cm³/mol. The van der Waals surface area contributed by atoms with Crippen LogP contribution in [0.2, 0.25) is 0 Å². The van der Waals surface area contributed by atoms with Gasteiger partial charge >= 0.3 is 0 Å². The fourth-order valence-corrected chi connectivity index (χ4v) is 3.00. The van der Waals surface area contributed by atoms with Crippen LogP contribution in [0.4, 0.5) is 4.39 Å². The van der Waals surface area contributed by atoms with Crippen LogP contribution in [0.3, 0.4) is 0 Å². The van der Waals surface area contributed by atoms with Crippen molar-refractivity contribution >= 4 is 0 Å². The van der Waals surface area contributed by atoms with Crippen molar-refractivity contribution in [2.75, 3.05) is 19.7 Å². The molecule has 1 aliphatic rings. The molecule has 1 fully saturated rings. The van der Waals surface area contributed by atoms with Gasteiger partial charge in [-0.2, -0.15) is 0 Å². The van der Waals surface area contributed by atoms with Gasteiger partial charge in [-0.05, 0) is 30.5 Å². The maximum atomic E-state index is 13.1. The molecular weight excluding hydrogens is 257 g/mol. The molecule has 1 aromatic carbocycles. The second-order valence-corrected chi connectivity index (χ2v) is 5.92. The van der Waals surface area contributed by atoms with Crippen LogP contribution in [0.1, 0.15) is 43.8 Å². The number of benzene rings is 1. The van der Waals surface area contributed by atoms with E-state index in [4.69, 9.17) is 0 Å². The molecule has 4 heteroatoms. The average molecular weight is 281 g/mol. The molecule has 3 nitrogen and oxygen atoms in total. The van der Waals surface area contributed by atoms with Crippen molar-refractivity contribution in [3.63, 3.8) is 0 Å². The molecule has 1 unspecified atom stereocenters. The topological polar surface area (TPSA) is 52.5 Å². The zero-order chi connectivity index (χ0) is 14.4. The van der Waals surface area contributed by atoms with Crippen molar-refractivity contribution in [2.45, 2.75) is 38.2 Å². The van der Waals surface area contributed by atoms with Crippen molar-refractivity contribution < 1.29 is 14.6 Å².